The second-order valence-corrected chi connectivity index (χ2v) is 8.55. The third-order valence-corrected chi connectivity index (χ3v) is 5.95. The highest BCUT2D eigenvalue weighted by atomic mass is 32.1. The highest BCUT2D eigenvalue weighted by Gasteiger charge is 2.19. The Morgan fingerprint density at radius 3 is 2.61 bits per heavy atom. The number of amides is 2. The van der Waals surface area contributed by atoms with Crippen LogP contribution in [0.2, 0.25) is 0 Å². The number of benzene rings is 2. The van der Waals surface area contributed by atoms with Crippen LogP contribution in [-0.2, 0) is 6.61 Å². The molecular weight excluding hydrogens is 412 g/mol. The molecule has 0 saturated carbocycles. The van der Waals surface area contributed by atoms with Crippen molar-refractivity contribution in [2.24, 2.45) is 0 Å². The predicted octanol–water partition coefficient (Wildman–Crippen LogP) is 4.30. The molecule has 2 amide bonds. The number of anilines is 1. The molecule has 7 nitrogen and oxygen atoms in total. The van der Waals surface area contributed by atoms with Crippen LogP contribution in [0.1, 0.15) is 50.0 Å². The third kappa shape index (κ3) is 5.46. The summed E-state index contributed by atoms with van der Waals surface area (Å²) >= 11 is 1.18. The quantitative estimate of drug-likeness (QED) is 0.623. The number of carbonyl (C=O) groups excluding carboxylic acids is 2. The average molecular weight is 437 g/mol. The van der Waals surface area contributed by atoms with Gasteiger partial charge in [-0.1, -0.05) is 35.1 Å². The maximum absolute atomic E-state index is 12.7. The van der Waals surface area contributed by atoms with Gasteiger partial charge >= 0.3 is 0 Å². The summed E-state index contributed by atoms with van der Waals surface area (Å²) in [7, 11) is 0. The van der Waals surface area contributed by atoms with Gasteiger partial charge in [0.15, 0.2) is 5.01 Å². The van der Waals surface area contributed by atoms with E-state index in [0.29, 0.717) is 16.3 Å². The zero-order valence-corrected chi connectivity index (χ0v) is 18.2. The molecule has 2 aromatic carbocycles. The minimum absolute atomic E-state index is 0.00209. The van der Waals surface area contributed by atoms with E-state index in [0.717, 1.165) is 37.2 Å². The minimum atomic E-state index is -0.360. The van der Waals surface area contributed by atoms with Crippen molar-refractivity contribution in [1.82, 2.24) is 15.1 Å². The van der Waals surface area contributed by atoms with Gasteiger partial charge in [0, 0.05) is 24.3 Å². The molecule has 0 unspecified atom stereocenters. The second-order valence-electron chi connectivity index (χ2n) is 7.49. The largest absolute Gasteiger partial charge is 0.486 e. The van der Waals surface area contributed by atoms with E-state index in [9.17, 15) is 9.59 Å². The molecule has 31 heavy (non-hydrogen) atoms. The van der Waals surface area contributed by atoms with E-state index in [1.807, 2.05) is 36.1 Å². The van der Waals surface area contributed by atoms with Crippen LogP contribution in [0, 0.1) is 6.92 Å². The van der Waals surface area contributed by atoms with Gasteiger partial charge in [0.25, 0.3) is 11.8 Å². The molecule has 0 aliphatic carbocycles. The highest BCUT2D eigenvalue weighted by molar-refractivity contribution is 7.13. The van der Waals surface area contributed by atoms with Crippen LogP contribution in [0.5, 0.6) is 5.75 Å². The standard InChI is InChI=1S/C23H24N4O3S/c1-16-8-10-19(11-9-16)30-15-20-25-26-22(31-20)21(28)24-18-7-5-6-17(14-18)23(29)27-12-3-2-4-13-27/h5-11,14H,2-4,12-13,15H2,1H3,(H,24,28). The first kappa shape index (κ1) is 21.0. The molecule has 4 rings (SSSR count). The number of piperidine rings is 1. The van der Waals surface area contributed by atoms with Crippen LogP contribution in [0.25, 0.3) is 0 Å². The van der Waals surface area contributed by atoms with Gasteiger partial charge < -0.3 is 15.0 Å². The van der Waals surface area contributed by atoms with E-state index in [4.69, 9.17) is 4.74 Å². The number of carbonyl (C=O) groups is 2. The first-order chi connectivity index (χ1) is 15.1. The lowest BCUT2D eigenvalue weighted by molar-refractivity contribution is 0.0724. The van der Waals surface area contributed by atoms with Gasteiger partial charge in [0.2, 0.25) is 5.01 Å². The fourth-order valence-corrected chi connectivity index (χ4v) is 4.03. The molecule has 1 N–H and O–H groups in total. The Kier molecular flexibility index (Phi) is 6.57. The maximum Gasteiger partial charge on any atom is 0.286 e. The second kappa shape index (κ2) is 9.70. The predicted molar refractivity (Wildman–Crippen MR) is 120 cm³/mol. The van der Waals surface area contributed by atoms with E-state index in [1.165, 1.54) is 17.8 Å². The monoisotopic (exact) mass is 436 g/mol. The highest BCUT2D eigenvalue weighted by Crippen LogP contribution is 2.19. The molecule has 1 fully saturated rings. The Hall–Kier alpha value is -3.26. The van der Waals surface area contributed by atoms with E-state index in [-0.39, 0.29) is 23.4 Å². The van der Waals surface area contributed by atoms with Crippen molar-refractivity contribution in [3.8, 4) is 5.75 Å². The molecule has 0 bridgehead atoms. The summed E-state index contributed by atoms with van der Waals surface area (Å²) in [5.74, 6) is 0.380. The fourth-order valence-electron chi connectivity index (χ4n) is 3.38. The number of nitrogens with one attached hydrogen (secondary N) is 1. The van der Waals surface area contributed by atoms with Crippen molar-refractivity contribution in [1.29, 1.82) is 0 Å². The van der Waals surface area contributed by atoms with E-state index in [2.05, 4.69) is 15.5 Å². The number of likely N-dealkylation sites (tertiary alicyclic amines) is 1. The molecule has 1 aliphatic heterocycles. The Morgan fingerprint density at radius 1 is 1.06 bits per heavy atom. The van der Waals surface area contributed by atoms with Crippen molar-refractivity contribution in [2.45, 2.75) is 32.8 Å². The van der Waals surface area contributed by atoms with Crippen molar-refractivity contribution >= 4 is 28.8 Å². The van der Waals surface area contributed by atoms with E-state index >= 15 is 0 Å². The molecule has 0 atom stereocenters. The van der Waals surface area contributed by atoms with Gasteiger partial charge in [0.05, 0.1) is 0 Å². The Morgan fingerprint density at radius 2 is 1.84 bits per heavy atom. The molecule has 1 aromatic heterocycles. The minimum Gasteiger partial charge on any atom is -0.486 e. The summed E-state index contributed by atoms with van der Waals surface area (Å²) in [5, 5.41) is 11.7. The maximum atomic E-state index is 12.7. The van der Waals surface area contributed by atoms with Crippen molar-refractivity contribution in [2.75, 3.05) is 18.4 Å². The lowest BCUT2D eigenvalue weighted by Crippen LogP contribution is -2.35. The molecule has 8 heteroatoms. The summed E-state index contributed by atoms with van der Waals surface area (Å²) < 4.78 is 5.69. The van der Waals surface area contributed by atoms with Crippen LogP contribution in [0.4, 0.5) is 5.69 Å². The molecule has 0 radical (unpaired) electrons. The zero-order chi connectivity index (χ0) is 21.6. The number of ether oxygens (including phenoxy) is 1. The van der Waals surface area contributed by atoms with Gasteiger partial charge in [-0.2, -0.15) is 0 Å². The number of hydrogen-bond donors (Lipinski definition) is 1. The first-order valence-electron chi connectivity index (χ1n) is 10.3. The number of nitrogens with zero attached hydrogens (tertiary/aromatic N) is 3. The Bertz CT molecular complexity index is 1060. The lowest BCUT2D eigenvalue weighted by atomic mass is 10.1. The van der Waals surface area contributed by atoms with Crippen molar-refractivity contribution in [3.63, 3.8) is 0 Å². The molecule has 0 spiro atoms. The van der Waals surface area contributed by atoms with Gasteiger partial charge in [0.1, 0.15) is 12.4 Å². The summed E-state index contributed by atoms with van der Waals surface area (Å²) in [6.45, 7) is 3.83. The van der Waals surface area contributed by atoms with Gasteiger partial charge in [-0.25, -0.2) is 0 Å². The lowest BCUT2D eigenvalue weighted by Gasteiger charge is -2.26. The van der Waals surface area contributed by atoms with Gasteiger partial charge in [-0.3, -0.25) is 9.59 Å². The number of hydrogen-bond acceptors (Lipinski definition) is 6. The smallest absolute Gasteiger partial charge is 0.286 e. The zero-order valence-electron chi connectivity index (χ0n) is 17.3. The molecule has 1 saturated heterocycles. The molecule has 1 aliphatic rings. The summed E-state index contributed by atoms with van der Waals surface area (Å²) in [5.41, 5.74) is 2.29. The van der Waals surface area contributed by atoms with Crippen LogP contribution in [-0.4, -0.2) is 40.0 Å². The summed E-state index contributed by atoms with van der Waals surface area (Å²) in [6.07, 6.45) is 3.24. The Labute approximate surface area is 185 Å². The van der Waals surface area contributed by atoms with Crippen molar-refractivity contribution < 1.29 is 14.3 Å². The molecule has 3 aromatic rings. The van der Waals surface area contributed by atoms with Crippen LogP contribution >= 0.6 is 11.3 Å². The van der Waals surface area contributed by atoms with Crippen LogP contribution in [0.3, 0.4) is 0 Å². The Balaban J connectivity index is 1.36. The van der Waals surface area contributed by atoms with E-state index < -0.39 is 0 Å². The van der Waals surface area contributed by atoms with Crippen LogP contribution < -0.4 is 10.1 Å². The molecule has 160 valence electrons. The topological polar surface area (TPSA) is 84.4 Å². The molecule has 2 heterocycles. The number of rotatable bonds is 6. The normalized spacial score (nSPS) is 13.6. The fraction of sp³-hybridized carbons (Fsp3) is 0.304. The molecular formula is C23H24N4O3S. The summed E-state index contributed by atoms with van der Waals surface area (Å²) in [6, 6.07) is 14.7. The number of aromatic nitrogens is 2. The van der Waals surface area contributed by atoms with Gasteiger partial charge in [-0.05, 0) is 56.5 Å². The first-order valence-corrected chi connectivity index (χ1v) is 11.1. The third-order valence-electron chi connectivity index (χ3n) is 5.06. The van der Waals surface area contributed by atoms with Crippen molar-refractivity contribution in [3.05, 3.63) is 69.7 Å². The average Bonchev–Trinajstić information content (AvgIpc) is 3.28. The number of aryl methyl sites for hydroxylation is 1. The summed E-state index contributed by atoms with van der Waals surface area (Å²) in [4.78, 5) is 27.2. The van der Waals surface area contributed by atoms with E-state index in [1.54, 1.807) is 24.3 Å². The SMILES string of the molecule is Cc1ccc(OCc2nnc(C(=O)Nc3cccc(C(=O)N4CCCCC4)c3)s2)cc1. The van der Waals surface area contributed by atoms with Crippen LogP contribution in [0.15, 0.2) is 48.5 Å². The van der Waals surface area contributed by atoms with Gasteiger partial charge in [-0.15, -0.1) is 10.2 Å².